The van der Waals surface area contributed by atoms with Crippen LogP contribution >= 0.6 is 0 Å². The molecule has 1 aromatic carbocycles. The number of fused-ring (bicyclic) bond motifs is 1. The number of anilines is 1. The maximum atomic E-state index is 12.9. The molecule has 0 aliphatic carbocycles. The van der Waals surface area contributed by atoms with Crippen LogP contribution in [0.4, 0.5) is 5.82 Å². The highest BCUT2D eigenvalue weighted by atomic mass is 16.5. The quantitative estimate of drug-likeness (QED) is 0.243. The first kappa shape index (κ1) is 25.1. The summed E-state index contributed by atoms with van der Waals surface area (Å²) in [5, 5.41) is 11.7. The van der Waals surface area contributed by atoms with Crippen molar-refractivity contribution in [1.29, 1.82) is 0 Å². The zero-order valence-corrected chi connectivity index (χ0v) is 19.2. The lowest BCUT2D eigenvalue weighted by Crippen LogP contribution is -2.30. The number of likely N-dealkylation sites (N-methyl/N-ethyl adjacent to an activating group) is 1. The van der Waals surface area contributed by atoms with Gasteiger partial charge in [-0.2, -0.15) is 9.97 Å². The van der Waals surface area contributed by atoms with Crippen LogP contribution in [0, 0.1) is 0 Å². The second kappa shape index (κ2) is 12.1. The van der Waals surface area contributed by atoms with Crippen LogP contribution in [0.1, 0.15) is 23.6 Å². The van der Waals surface area contributed by atoms with Crippen molar-refractivity contribution in [3.05, 3.63) is 45.9 Å². The smallest absolute Gasteiger partial charge is 0.329 e. The van der Waals surface area contributed by atoms with Gasteiger partial charge < -0.3 is 35.4 Å². The molecule has 12 nitrogen and oxygen atoms in total. The molecule has 1 atom stereocenters. The van der Waals surface area contributed by atoms with E-state index in [0.29, 0.717) is 37.3 Å². The van der Waals surface area contributed by atoms with E-state index in [1.54, 1.807) is 18.7 Å². The highest BCUT2D eigenvalue weighted by molar-refractivity contribution is 5.82. The van der Waals surface area contributed by atoms with Crippen molar-refractivity contribution in [2.45, 2.75) is 18.9 Å². The number of rotatable bonds is 14. The van der Waals surface area contributed by atoms with Gasteiger partial charge in [0, 0.05) is 20.3 Å². The van der Waals surface area contributed by atoms with Gasteiger partial charge in [0.05, 0.1) is 12.6 Å². The molecule has 5 N–H and O–H groups in total. The van der Waals surface area contributed by atoms with Crippen LogP contribution in [0.2, 0.25) is 0 Å². The van der Waals surface area contributed by atoms with Gasteiger partial charge >= 0.3 is 17.7 Å². The normalized spacial score (nSPS) is 12.2. The number of nitrogens with one attached hydrogen (secondary N) is 2. The van der Waals surface area contributed by atoms with Gasteiger partial charge in [0.2, 0.25) is 0 Å². The van der Waals surface area contributed by atoms with Crippen LogP contribution in [0.3, 0.4) is 0 Å². The van der Waals surface area contributed by atoms with E-state index < -0.39 is 5.97 Å². The summed E-state index contributed by atoms with van der Waals surface area (Å²) in [6, 6.07) is 7.59. The number of carbonyl (C=O) groups is 1. The molecule has 0 saturated heterocycles. The first-order valence-electron chi connectivity index (χ1n) is 10.9. The topological polar surface area (TPSA) is 167 Å². The van der Waals surface area contributed by atoms with Gasteiger partial charge in [-0.25, -0.2) is 9.59 Å². The number of nitrogens with zero attached hydrogens (tertiary/aromatic N) is 3. The summed E-state index contributed by atoms with van der Waals surface area (Å²) >= 11 is 0. The average Bonchev–Trinajstić information content (AvgIpc) is 3.14. The third-order valence-corrected chi connectivity index (χ3v) is 5.15. The molecular formula is C22H30N6O6. The first-order valence-corrected chi connectivity index (χ1v) is 10.9. The number of aromatic amines is 1. The predicted molar refractivity (Wildman–Crippen MR) is 125 cm³/mol. The van der Waals surface area contributed by atoms with Crippen molar-refractivity contribution < 1.29 is 24.1 Å². The molecule has 3 rings (SSSR count). The first-order chi connectivity index (χ1) is 16.4. The number of carboxylic acid groups (broad SMARTS) is 1. The standard InChI is InChI=1S/C22H30N6O6/c1-24-12-16(15-7-5-14(6-8-15)4-3-9-33-13-17(29)30)28-20-18(25-22(28)31)19(23)26-21(27-20)34-11-10-32-2/h5-8,16,24H,3-4,9-13H2,1-2H3,(H,25,31)(H,29,30)(H2,23,26,27). The summed E-state index contributed by atoms with van der Waals surface area (Å²) in [7, 11) is 3.37. The van der Waals surface area contributed by atoms with Crippen molar-refractivity contribution in [2.24, 2.45) is 0 Å². The molecule has 0 amide bonds. The van der Waals surface area contributed by atoms with Crippen LogP contribution in [-0.2, 0) is 20.7 Å². The molecule has 0 saturated carbocycles. The van der Waals surface area contributed by atoms with Crippen LogP contribution in [0.25, 0.3) is 11.2 Å². The van der Waals surface area contributed by atoms with E-state index in [1.165, 1.54) is 0 Å². The highest BCUT2D eigenvalue weighted by Gasteiger charge is 2.22. The average molecular weight is 475 g/mol. The summed E-state index contributed by atoms with van der Waals surface area (Å²) in [5.74, 6) is -0.856. The molecule has 2 aromatic heterocycles. The van der Waals surface area contributed by atoms with Gasteiger partial charge in [0.25, 0.3) is 0 Å². The molecule has 184 valence electrons. The Kier molecular flexibility index (Phi) is 8.96. The maximum Gasteiger partial charge on any atom is 0.329 e. The van der Waals surface area contributed by atoms with E-state index in [0.717, 1.165) is 17.5 Å². The van der Waals surface area contributed by atoms with E-state index in [4.69, 9.17) is 25.1 Å². The molecular weight excluding hydrogens is 444 g/mol. The SMILES string of the molecule is CNCC(c1ccc(CCCOCC(=O)O)cc1)n1c(=O)[nH]c2c(N)nc(OCCOC)nc21. The summed E-state index contributed by atoms with van der Waals surface area (Å²) in [6.45, 7) is 1.16. The number of aliphatic carboxylic acids is 1. The van der Waals surface area contributed by atoms with Crippen molar-refractivity contribution in [3.63, 3.8) is 0 Å². The Morgan fingerprint density at radius 3 is 2.68 bits per heavy atom. The molecule has 2 heterocycles. The number of nitrogens with two attached hydrogens (primary N) is 1. The largest absolute Gasteiger partial charge is 0.480 e. The van der Waals surface area contributed by atoms with Crippen LogP contribution in [0.5, 0.6) is 6.01 Å². The molecule has 3 aromatic rings. The number of nitrogen functional groups attached to an aromatic ring is 1. The summed E-state index contributed by atoms with van der Waals surface area (Å²) < 4.78 is 17.1. The fourth-order valence-corrected chi connectivity index (χ4v) is 3.57. The second-order valence-electron chi connectivity index (χ2n) is 7.60. The number of methoxy groups -OCH3 is 1. The van der Waals surface area contributed by atoms with E-state index in [-0.39, 0.29) is 36.8 Å². The number of hydrogen-bond acceptors (Lipinski definition) is 9. The fraction of sp³-hybridized carbons (Fsp3) is 0.455. The Labute approximate surface area is 196 Å². The van der Waals surface area contributed by atoms with Gasteiger partial charge in [-0.15, -0.1) is 0 Å². The lowest BCUT2D eigenvalue weighted by atomic mass is 10.0. The number of carboxylic acids is 1. The molecule has 0 fully saturated rings. The van der Waals surface area contributed by atoms with Gasteiger partial charge in [0.1, 0.15) is 18.7 Å². The van der Waals surface area contributed by atoms with Gasteiger partial charge in [-0.3, -0.25) is 4.57 Å². The zero-order chi connectivity index (χ0) is 24.5. The van der Waals surface area contributed by atoms with Gasteiger partial charge in [-0.05, 0) is 31.0 Å². The summed E-state index contributed by atoms with van der Waals surface area (Å²) in [4.78, 5) is 34.7. The highest BCUT2D eigenvalue weighted by Crippen LogP contribution is 2.24. The number of benzene rings is 1. The van der Waals surface area contributed by atoms with E-state index in [2.05, 4.69) is 20.3 Å². The lowest BCUT2D eigenvalue weighted by molar-refractivity contribution is -0.142. The zero-order valence-electron chi connectivity index (χ0n) is 19.2. The van der Waals surface area contributed by atoms with Crippen molar-refractivity contribution >= 4 is 23.0 Å². The Morgan fingerprint density at radius 1 is 1.24 bits per heavy atom. The monoisotopic (exact) mass is 474 g/mol. The summed E-state index contributed by atoms with van der Waals surface area (Å²) in [5.41, 5.74) is 8.39. The third-order valence-electron chi connectivity index (χ3n) is 5.15. The van der Waals surface area contributed by atoms with Crippen molar-refractivity contribution in [3.8, 4) is 6.01 Å². The van der Waals surface area contributed by atoms with Crippen LogP contribution in [0.15, 0.2) is 29.1 Å². The minimum absolute atomic E-state index is 0.0680. The Balaban J connectivity index is 1.84. The molecule has 0 aliphatic heterocycles. The molecule has 0 bridgehead atoms. The molecule has 0 spiro atoms. The van der Waals surface area contributed by atoms with Crippen molar-refractivity contribution in [1.82, 2.24) is 24.8 Å². The number of imidazole rings is 1. The number of aromatic nitrogens is 4. The van der Waals surface area contributed by atoms with Gasteiger partial charge in [0.15, 0.2) is 11.5 Å². The van der Waals surface area contributed by atoms with Crippen molar-refractivity contribution in [2.75, 3.05) is 52.9 Å². The van der Waals surface area contributed by atoms with Crippen LogP contribution in [-0.4, -0.2) is 77.7 Å². The third kappa shape index (κ3) is 6.31. The molecule has 34 heavy (non-hydrogen) atoms. The number of H-pyrrole nitrogens is 1. The number of ether oxygens (including phenoxy) is 3. The second-order valence-corrected chi connectivity index (χ2v) is 7.60. The number of hydrogen-bond donors (Lipinski definition) is 4. The molecule has 1 unspecified atom stereocenters. The van der Waals surface area contributed by atoms with E-state index in [1.807, 2.05) is 24.3 Å². The fourth-order valence-electron chi connectivity index (χ4n) is 3.57. The van der Waals surface area contributed by atoms with E-state index >= 15 is 0 Å². The van der Waals surface area contributed by atoms with Gasteiger partial charge in [-0.1, -0.05) is 24.3 Å². The molecule has 0 radical (unpaired) electrons. The minimum Gasteiger partial charge on any atom is -0.480 e. The Bertz CT molecular complexity index is 1140. The minimum atomic E-state index is -0.979. The molecule has 0 aliphatic rings. The maximum absolute atomic E-state index is 12.9. The predicted octanol–water partition coefficient (Wildman–Crippen LogP) is 0.570. The number of aryl methyl sites for hydroxylation is 1. The Morgan fingerprint density at radius 2 is 2.00 bits per heavy atom. The van der Waals surface area contributed by atoms with Crippen LogP contribution < -0.4 is 21.5 Å². The Hall–Kier alpha value is -3.48. The summed E-state index contributed by atoms with van der Waals surface area (Å²) in [6.07, 6.45) is 1.45. The van der Waals surface area contributed by atoms with E-state index in [9.17, 15) is 9.59 Å². The lowest BCUT2D eigenvalue weighted by Gasteiger charge is -2.19. The molecule has 12 heteroatoms.